The van der Waals surface area contributed by atoms with E-state index in [2.05, 4.69) is 4.90 Å². The second kappa shape index (κ2) is 6.57. The highest BCUT2D eigenvalue weighted by atomic mass is 35.5. The number of nitrogens with zero attached hydrogens (tertiary/aromatic N) is 2. The molecule has 19 heavy (non-hydrogen) atoms. The van der Waals surface area contributed by atoms with Gasteiger partial charge in [-0.05, 0) is 23.8 Å². The molecule has 0 aliphatic carbocycles. The second-order valence-electron chi connectivity index (χ2n) is 4.68. The Morgan fingerprint density at radius 2 is 1.79 bits per heavy atom. The summed E-state index contributed by atoms with van der Waals surface area (Å²) in [5.74, 6) is -0.772. The summed E-state index contributed by atoms with van der Waals surface area (Å²) in [5.41, 5.74) is 1.01. The summed E-state index contributed by atoms with van der Waals surface area (Å²) in [6.45, 7) is 4.09. The number of carboxylic acids is 1. The fourth-order valence-corrected chi connectivity index (χ4v) is 2.57. The quantitative estimate of drug-likeness (QED) is 0.926. The fourth-order valence-electron chi connectivity index (χ4n) is 2.20. The molecule has 0 radical (unpaired) electrons. The van der Waals surface area contributed by atoms with Crippen molar-refractivity contribution in [2.75, 3.05) is 32.7 Å². The van der Waals surface area contributed by atoms with Crippen molar-refractivity contribution >= 4 is 29.2 Å². The van der Waals surface area contributed by atoms with Gasteiger partial charge in [-0.2, -0.15) is 0 Å². The van der Waals surface area contributed by atoms with Crippen molar-refractivity contribution in [3.8, 4) is 0 Å². The monoisotopic (exact) mass is 302 g/mol. The number of halogens is 2. The smallest absolute Gasteiger partial charge is 0.317 e. The molecule has 0 unspecified atom stereocenters. The average molecular weight is 303 g/mol. The van der Waals surface area contributed by atoms with E-state index < -0.39 is 5.97 Å². The van der Waals surface area contributed by atoms with Crippen molar-refractivity contribution in [2.24, 2.45) is 0 Å². The van der Waals surface area contributed by atoms with Gasteiger partial charge < -0.3 is 5.11 Å². The Hall–Kier alpha value is -0.810. The Bertz CT molecular complexity index is 460. The highest BCUT2D eigenvalue weighted by molar-refractivity contribution is 6.33. The van der Waals surface area contributed by atoms with Crippen LogP contribution in [-0.2, 0) is 11.3 Å². The van der Waals surface area contributed by atoms with Crippen LogP contribution in [0.25, 0.3) is 0 Å². The maximum absolute atomic E-state index is 10.6. The first kappa shape index (κ1) is 14.6. The van der Waals surface area contributed by atoms with Crippen LogP contribution in [0.4, 0.5) is 0 Å². The summed E-state index contributed by atoms with van der Waals surface area (Å²) in [4.78, 5) is 14.8. The number of hydrogen-bond donors (Lipinski definition) is 1. The molecule has 1 aliphatic heterocycles. The number of hydrogen-bond acceptors (Lipinski definition) is 3. The third-order valence-corrected chi connectivity index (χ3v) is 3.83. The Balaban J connectivity index is 1.88. The zero-order valence-corrected chi connectivity index (χ0v) is 12.0. The fraction of sp³-hybridized carbons (Fsp3) is 0.462. The Kier molecular flexibility index (Phi) is 5.05. The number of piperazine rings is 1. The second-order valence-corrected chi connectivity index (χ2v) is 5.53. The predicted octanol–water partition coefficient (Wildman–Crippen LogP) is 2.20. The summed E-state index contributed by atoms with van der Waals surface area (Å²) >= 11 is 12.1. The number of aliphatic carboxylic acids is 1. The summed E-state index contributed by atoms with van der Waals surface area (Å²) < 4.78 is 0. The van der Waals surface area contributed by atoms with Gasteiger partial charge in [0.15, 0.2) is 0 Å². The predicted molar refractivity (Wildman–Crippen MR) is 75.8 cm³/mol. The van der Waals surface area contributed by atoms with Crippen LogP contribution < -0.4 is 0 Å². The number of rotatable bonds is 4. The molecule has 0 saturated carbocycles. The van der Waals surface area contributed by atoms with Gasteiger partial charge in [0.25, 0.3) is 0 Å². The molecule has 4 nitrogen and oxygen atoms in total. The van der Waals surface area contributed by atoms with Gasteiger partial charge in [0.1, 0.15) is 0 Å². The average Bonchev–Trinajstić information content (AvgIpc) is 2.35. The zero-order chi connectivity index (χ0) is 13.8. The standard InChI is InChI=1S/C13H16Cl2N2O2/c14-11-1-2-12(15)10(7-11)8-16-3-5-17(6-4-16)9-13(18)19/h1-2,7H,3-6,8-9H2,(H,18,19). The molecule has 0 aromatic heterocycles. The highest BCUT2D eigenvalue weighted by Gasteiger charge is 2.19. The van der Waals surface area contributed by atoms with E-state index in [0.29, 0.717) is 5.02 Å². The normalized spacial score (nSPS) is 17.6. The van der Waals surface area contributed by atoms with Gasteiger partial charge >= 0.3 is 5.97 Å². The van der Waals surface area contributed by atoms with Crippen LogP contribution in [0.15, 0.2) is 18.2 Å². The Morgan fingerprint density at radius 1 is 1.16 bits per heavy atom. The lowest BCUT2D eigenvalue weighted by molar-refractivity contribution is -0.138. The maximum atomic E-state index is 10.6. The molecule has 1 saturated heterocycles. The number of carboxylic acid groups (broad SMARTS) is 1. The summed E-state index contributed by atoms with van der Waals surface area (Å²) in [6, 6.07) is 5.46. The first-order valence-corrected chi connectivity index (χ1v) is 6.90. The van der Waals surface area contributed by atoms with Gasteiger partial charge in [-0.15, -0.1) is 0 Å². The minimum absolute atomic E-state index is 0.117. The van der Waals surface area contributed by atoms with E-state index in [0.717, 1.165) is 43.3 Å². The van der Waals surface area contributed by atoms with Crippen molar-refractivity contribution in [1.82, 2.24) is 9.80 Å². The third kappa shape index (κ3) is 4.35. The molecule has 2 rings (SSSR count). The van der Waals surface area contributed by atoms with Crippen molar-refractivity contribution in [1.29, 1.82) is 0 Å². The Labute approximate surface area is 122 Å². The van der Waals surface area contributed by atoms with Crippen molar-refractivity contribution < 1.29 is 9.90 Å². The molecule has 1 aromatic rings. The van der Waals surface area contributed by atoms with Gasteiger partial charge in [-0.1, -0.05) is 23.2 Å². The van der Waals surface area contributed by atoms with E-state index in [1.54, 1.807) is 12.1 Å². The molecule has 0 bridgehead atoms. The number of carbonyl (C=O) groups is 1. The molecular weight excluding hydrogens is 287 g/mol. The summed E-state index contributed by atoms with van der Waals surface area (Å²) in [6.07, 6.45) is 0. The third-order valence-electron chi connectivity index (χ3n) is 3.23. The molecule has 0 amide bonds. The minimum atomic E-state index is -0.772. The zero-order valence-electron chi connectivity index (χ0n) is 10.5. The molecule has 1 fully saturated rings. The molecule has 1 N–H and O–H groups in total. The maximum Gasteiger partial charge on any atom is 0.317 e. The van der Waals surface area contributed by atoms with Crippen molar-refractivity contribution in [3.05, 3.63) is 33.8 Å². The van der Waals surface area contributed by atoms with E-state index >= 15 is 0 Å². The molecular formula is C13H16Cl2N2O2. The lowest BCUT2D eigenvalue weighted by Gasteiger charge is -2.33. The van der Waals surface area contributed by atoms with Gasteiger partial charge in [-0.3, -0.25) is 14.6 Å². The molecule has 1 heterocycles. The van der Waals surface area contributed by atoms with Crippen LogP contribution in [0.2, 0.25) is 10.0 Å². The topological polar surface area (TPSA) is 43.8 Å². The highest BCUT2D eigenvalue weighted by Crippen LogP contribution is 2.22. The number of benzene rings is 1. The molecule has 1 aromatic carbocycles. The van der Waals surface area contributed by atoms with Crippen LogP contribution in [0, 0.1) is 0 Å². The lowest BCUT2D eigenvalue weighted by atomic mass is 10.2. The molecule has 1 aliphatic rings. The molecule has 104 valence electrons. The van der Waals surface area contributed by atoms with Gasteiger partial charge in [0, 0.05) is 42.8 Å². The van der Waals surface area contributed by atoms with Crippen LogP contribution in [0.3, 0.4) is 0 Å². The van der Waals surface area contributed by atoms with Gasteiger partial charge in [-0.25, -0.2) is 0 Å². The Morgan fingerprint density at radius 3 is 2.42 bits per heavy atom. The minimum Gasteiger partial charge on any atom is -0.480 e. The SMILES string of the molecule is O=C(O)CN1CCN(Cc2cc(Cl)ccc2Cl)CC1. The van der Waals surface area contributed by atoms with Crippen molar-refractivity contribution in [2.45, 2.75) is 6.54 Å². The van der Waals surface area contributed by atoms with E-state index in [-0.39, 0.29) is 6.54 Å². The summed E-state index contributed by atoms with van der Waals surface area (Å²) in [7, 11) is 0. The summed E-state index contributed by atoms with van der Waals surface area (Å²) in [5, 5.41) is 10.2. The van der Waals surface area contributed by atoms with E-state index in [4.69, 9.17) is 28.3 Å². The van der Waals surface area contributed by atoms with Crippen LogP contribution in [-0.4, -0.2) is 53.6 Å². The van der Waals surface area contributed by atoms with Gasteiger partial charge in [0.05, 0.1) is 6.54 Å². The van der Waals surface area contributed by atoms with E-state index in [1.165, 1.54) is 0 Å². The molecule has 0 spiro atoms. The molecule has 0 atom stereocenters. The first-order valence-electron chi connectivity index (χ1n) is 6.15. The van der Waals surface area contributed by atoms with Crippen LogP contribution >= 0.6 is 23.2 Å². The first-order chi connectivity index (χ1) is 9.04. The van der Waals surface area contributed by atoms with E-state index in [1.807, 2.05) is 11.0 Å². The van der Waals surface area contributed by atoms with Crippen molar-refractivity contribution in [3.63, 3.8) is 0 Å². The van der Waals surface area contributed by atoms with E-state index in [9.17, 15) is 4.79 Å². The van der Waals surface area contributed by atoms with Gasteiger partial charge in [0.2, 0.25) is 0 Å². The lowest BCUT2D eigenvalue weighted by Crippen LogP contribution is -2.47. The largest absolute Gasteiger partial charge is 0.480 e. The van der Waals surface area contributed by atoms with Crippen LogP contribution in [0.1, 0.15) is 5.56 Å². The van der Waals surface area contributed by atoms with Crippen LogP contribution in [0.5, 0.6) is 0 Å². The molecule has 6 heteroatoms.